The Morgan fingerprint density at radius 1 is 1.05 bits per heavy atom. The average molecular weight is 258 g/mol. The summed E-state index contributed by atoms with van der Waals surface area (Å²) in [5.74, 6) is 1.01. The van der Waals surface area contributed by atoms with Gasteiger partial charge in [-0.3, -0.25) is 4.90 Å². The lowest BCUT2D eigenvalue weighted by Gasteiger charge is -2.22. The molecule has 2 nitrogen and oxygen atoms in total. The van der Waals surface area contributed by atoms with Crippen molar-refractivity contribution in [2.24, 2.45) is 5.92 Å². The average Bonchev–Trinajstić information content (AvgIpc) is 3.28. The second kappa shape index (κ2) is 6.06. The first-order chi connectivity index (χ1) is 9.35. The van der Waals surface area contributed by atoms with Gasteiger partial charge in [-0.05, 0) is 62.7 Å². The van der Waals surface area contributed by atoms with Crippen molar-refractivity contribution in [3.8, 4) is 0 Å². The lowest BCUT2D eigenvalue weighted by Crippen LogP contribution is -2.27. The predicted octanol–water partition coefficient (Wildman–Crippen LogP) is 2.82. The van der Waals surface area contributed by atoms with Crippen LogP contribution in [0, 0.1) is 5.92 Å². The van der Waals surface area contributed by atoms with Gasteiger partial charge in [0, 0.05) is 19.1 Å². The monoisotopic (exact) mass is 258 g/mol. The fourth-order valence-electron chi connectivity index (χ4n) is 2.73. The van der Waals surface area contributed by atoms with Crippen molar-refractivity contribution in [1.29, 1.82) is 0 Å². The maximum absolute atomic E-state index is 3.21. The van der Waals surface area contributed by atoms with E-state index in [0.29, 0.717) is 0 Å². The number of nitrogens with one attached hydrogen (secondary N) is 1. The van der Waals surface area contributed by atoms with E-state index in [-0.39, 0.29) is 0 Å². The molecule has 0 aromatic heterocycles. The molecule has 1 aromatic rings. The quantitative estimate of drug-likeness (QED) is 0.771. The third-order valence-corrected chi connectivity index (χ3v) is 4.33. The van der Waals surface area contributed by atoms with Crippen molar-refractivity contribution in [3.63, 3.8) is 0 Å². The van der Waals surface area contributed by atoms with Crippen LogP contribution in [0.3, 0.4) is 0 Å². The molecule has 0 saturated heterocycles. The molecule has 0 aliphatic heterocycles. The molecule has 2 aliphatic rings. The Bertz CT molecular complexity index is 390. The first-order valence-electron chi connectivity index (χ1n) is 7.81. The van der Waals surface area contributed by atoms with Crippen LogP contribution in [-0.4, -0.2) is 31.1 Å². The lowest BCUT2D eigenvalue weighted by atomic mass is 10.1. The Hall–Kier alpha value is -0.860. The smallest absolute Gasteiger partial charge is 0.0236 e. The van der Waals surface area contributed by atoms with Crippen LogP contribution in [0.25, 0.3) is 0 Å². The molecular weight excluding hydrogens is 232 g/mol. The van der Waals surface area contributed by atoms with E-state index in [1.54, 1.807) is 0 Å². The number of nitrogens with zero attached hydrogens (tertiary/aromatic N) is 1. The molecule has 3 rings (SSSR count). The van der Waals surface area contributed by atoms with E-state index in [1.165, 1.54) is 43.4 Å². The number of benzene rings is 1. The van der Waals surface area contributed by atoms with Gasteiger partial charge in [0.05, 0.1) is 0 Å². The maximum Gasteiger partial charge on any atom is 0.0236 e. The second-order valence-electron chi connectivity index (χ2n) is 6.27. The SMILES string of the molecule is CNCCc1ccc(CN(CC2CC2)C2CC2)cc1. The zero-order valence-corrected chi connectivity index (χ0v) is 12.1. The van der Waals surface area contributed by atoms with E-state index in [1.807, 2.05) is 7.05 Å². The van der Waals surface area contributed by atoms with Crippen molar-refractivity contribution in [2.45, 2.75) is 44.7 Å². The lowest BCUT2D eigenvalue weighted by molar-refractivity contribution is 0.244. The number of rotatable bonds is 8. The molecule has 0 bridgehead atoms. The highest BCUT2D eigenvalue weighted by Crippen LogP contribution is 2.35. The Morgan fingerprint density at radius 3 is 2.32 bits per heavy atom. The fourth-order valence-corrected chi connectivity index (χ4v) is 2.73. The fraction of sp³-hybridized carbons (Fsp3) is 0.647. The molecule has 19 heavy (non-hydrogen) atoms. The molecule has 1 aromatic carbocycles. The van der Waals surface area contributed by atoms with Crippen LogP contribution in [0.4, 0.5) is 0 Å². The first kappa shape index (κ1) is 13.1. The summed E-state index contributed by atoms with van der Waals surface area (Å²) in [5.41, 5.74) is 2.93. The molecule has 2 aliphatic carbocycles. The molecule has 2 saturated carbocycles. The van der Waals surface area contributed by atoms with Gasteiger partial charge in [0.25, 0.3) is 0 Å². The van der Waals surface area contributed by atoms with Crippen molar-refractivity contribution in [3.05, 3.63) is 35.4 Å². The molecule has 0 heterocycles. The van der Waals surface area contributed by atoms with Crippen LogP contribution in [0.2, 0.25) is 0 Å². The van der Waals surface area contributed by atoms with Gasteiger partial charge in [-0.25, -0.2) is 0 Å². The Balaban J connectivity index is 1.54. The summed E-state index contributed by atoms with van der Waals surface area (Å²) in [6.07, 6.45) is 6.91. The molecule has 104 valence electrons. The van der Waals surface area contributed by atoms with Gasteiger partial charge in [0.2, 0.25) is 0 Å². The van der Waals surface area contributed by atoms with Gasteiger partial charge in [0.1, 0.15) is 0 Å². The molecule has 0 amide bonds. The zero-order chi connectivity index (χ0) is 13.1. The topological polar surface area (TPSA) is 15.3 Å². The molecule has 0 radical (unpaired) electrons. The number of hydrogen-bond acceptors (Lipinski definition) is 2. The van der Waals surface area contributed by atoms with Gasteiger partial charge in [-0.2, -0.15) is 0 Å². The minimum absolute atomic E-state index is 0.893. The Kier molecular flexibility index (Phi) is 4.19. The predicted molar refractivity (Wildman–Crippen MR) is 80.2 cm³/mol. The van der Waals surface area contributed by atoms with Crippen LogP contribution in [0.15, 0.2) is 24.3 Å². The highest BCUT2D eigenvalue weighted by molar-refractivity contribution is 5.23. The molecule has 2 heteroatoms. The maximum atomic E-state index is 3.21. The van der Waals surface area contributed by atoms with Crippen LogP contribution in [0.1, 0.15) is 36.8 Å². The van der Waals surface area contributed by atoms with Crippen LogP contribution in [0.5, 0.6) is 0 Å². The van der Waals surface area contributed by atoms with E-state index in [4.69, 9.17) is 0 Å². The minimum Gasteiger partial charge on any atom is -0.319 e. The van der Waals surface area contributed by atoms with Gasteiger partial charge in [-0.1, -0.05) is 24.3 Å². The summed E-state index contributed by atoms with van der Waals surface area (Å²) < 4.78 is 0. The molecule has 0 spiro atoms. The van der Waals surface area contributed by atoms with Crippen molar-refractivity contribution in [2.75, 3.05) is 20.1 Å². The van der Waals surface area contributed by atoms with Crippen molar-refractivity contribution < 1.29 is 0 Å². The summed E-state index contributed by atoms with van der Waals surface area (Å²) in [5, 5.41) is 3.21. The van der Waals surface area contributed by atoms with Crippen LogP contribution in [-0.2, 0) is 13.0 Å². The molecule has 0 unspecified atom stereocenters. The highest BCUT2D eigenvalue weighted by Gasteiger charge is 2.33. The summed E-state index contributed by atoms with van der Waals surface area (Å²) in [4.78, 5) is 2.72. The molecule has 0 atom stereocenters. The van der Waals surface area contributed by atoms with Crippen molar-refractivity contribution >= 4 is 0 Å². The normalized spacial score (nSPS) is 19.1. The Labute approximate surface area is 117 Å². The van der Waals surface area contributed by atoms with Crippen LogP contribution < -0.4 is 5.32 Å². The van der Waals surface area contributed by atoms with Crippen LogP contribution >= 0.6 is 0 Å². The standard InChI is InChI=1S/C17H26N2/c1-18-11-10-14-2-4-15(5-3-14)12-19(17-8-9-17)13-16-6-7-16/h2-5,16-18H,6-13H2,1H3. The molecule has 2 fully saturated rings. The summed E-state index contributed by atoms with van der Waals surface area (Å²) in [7, 11) is 2.01. The highest BCUT2D eigenvalue weighted by atomic mass is 15.2. The van der Waals surface area contributed by atoms with Crippen molar-refractivity contribution in [1.82, 2.24) is 10.2 Å². The number of likely N-dealkylation sites (N-methyl/N-ethyl adjacent to an activating group) is 1. The van der Waals surface area contributed by atoms with Gasteiger partial charge in [-0.15, -0.1) is 0 Å². The van der Waals surface area contributed by atoms with E-state index in [0.717, 1.165) is 31.5 Å². The molecular formula is C17H26N2. The third-order valence-electron chi connectivity index (χ3n) is 4.33. The third kappa shape index (κ3) is 4.05. The minimum atomic E-state index is 0.893. The van der Waals surface area contributed by atoms with E-state index < -0.39 is 0 Å². The first-order valence-corrected chi connectivity index (χ1v) is 7.81. The van der Waals surface area contributed by atoms with E-state index in [9.17, 15) is 0 Å². The van der Waals surface area contributed by atoms with E-state index >= 15 is 0 Å². The van der Waals surface area contributed by atoms with E-state index in [2.05, 4.69) is 34.5 Å². The summed E-state index contributed by atoms with van der Waals surface area (Å²) >= 11 is 0. The van der Waals surface area contributed by atoms with Gasteiger partial charge >= 0.3 is 0 Å². The van der Waals surface area contributed by atoms with Gasteiger partial charge < -0.3 is 5.32 Å². The second-order valence-corrected chi connectivity index (χ2v) is 6.27. The Morgan fingerprint density at radius 2 is 1.74 bits per heavy atom. The summed E-state index contributed by atoms with van der Waals surface area (Å²) in [6.45, 7) is 3.56. The zero-order valence-electron chi connectivity index (χ0n) is 12.1. The molecule has 1 N–H and O–H groups in total. The number of hydrogen-bond donors (Lipinski definition) is 1. The summed E-state index contributed by atoms with van der Waals surface area (Å²) in [6, 6.07) is 10.1. The van der Waals surface area contributed by atoms with Gasteiger partial charge in [0.15, 0.2) is 0 Å². The largest absolute Gasteiger partial charge is 0.319 e.